The Morgan fingerprint density at radius 2 is 2.13 bits per heavy atom. The van der Waals surface area contributed by atoms with E-state index in [0.717, 1.165) is 5.02 Å². The van der Waals surface area contributed by atoms with Gasteiger partial charge >= 0.3 is 0 Å². The highest BCUT2D eigenvalue weighted by Crippen LogP contribution is 2.52. The standard InChI is InChI=1S/C13H14ClN/c1-9(6-7-15)12-8-13(12)10-2-4-11(14)5-3-10/h2-5,9,12-13H,6,8H2,1H3. The maximum absolute atomic E-state index is 8.64. The van der Waals surface area contributed by atoms with Gasteiger partial charge in [-0.2, -0.15) is 5.26 Å². The van der Waals surface area contributed by atoms with Gasteiger partial charge in [-0.05, 0) is 41.9 Å². The molecule has 3 unspecified atom stereocenters. The lowest BCUT2D eigenvalue weighted by Gasteiger charge is -2.05. The van der Waals surface area contributed by atoms with E-state index in [9.17, 15) is 0 Å². The molecular formula is C13H14ClN. The number of nitriles is 1. The van der Waals surface area contributed by atoms with Crippen LogP contribution in [-0.2, 0) is 0 Å². The zero-order valence-corrected chi connectivity index (χ0v) is 9.54. The van der Waals surface area contributed by atoms with Gasteiger partial charge < -0.3 is 0 Å². The third-order valence-electron chi connectivity index (χ3n) is 3.28. The number of halogens is 1. The molecule has 0 saturated heterocycles. The average Bonchev–Trinajstić information content (AvgIpc) is 2.99. The second kappa shape index (κ2) is 4.24. The van der Waals surface area contributed by atoms with Crippen LogP contribution in [0.1, 0.15) is 31.2 Å². The molecule has 1 aliphatic carbocycles. The number of nitrogens with zero attached hydrogens (tertiary/aromatic N) is 1. The summed E-state index contributed by atoms with van der Waals surface area (Å²) in [6.07, 6.45) is 1.90. The first-order valence-electron chi connectivity index (χ1n) is 5.34. The van der Waals surface area contributed by atoms with Gasteiger partial charge in [-0.3, -0.25) is 0 Å². The summed E-state index contributed by atoms with van der Waals surface area (Å²) < 4.78 is 0. The number of hydrogen-bond acceptors (Lipinski definition) is 1. The Morgan fingerprint density at radius 1 is 1.47 bits per heavy atom. The van der Waals surface area contributed by atoms with Crippen molar-refractivity contribution >= 4 is 11.6 Å². The van der Waals surface area contributed by atoms with E-state index < -0.39 is 0 Å². The van der Waals surface area contributed by atoms with Gasteiger partial charge in [0.25, 0.3) is 0 Å². The zero-order valence-electron chi connectivity index (χ0n) is 8.78. The molecule has 0 N–H and O–H groups in total. The molecule has 2 heteroatoms. The van der Waals surface area contributed by atoms with Crippen molar-refractivity contribution in [2.45, 2.75) is 25.7 Å². The molecule has 1 aromatic carbocycles. The van der Waals surface area contributed by atoms with Crippen LogP contribution < -0.4 is 0 Å². The summed E-state index contributed by atoms with van der Waals surface area (Å²) in [5.74, 6) is 1.88. The molecule has 1 fully saturated rings. The molecule has 2 rings (SSSR count). The fraction of sp³-hybridized carbons (Fsp3) is 0.462. The minimum absolute atomic E-state index is 0.524. The van der Waals surface area contributed by atoms with Crippen LogP contribution in [0.2, 0.25) is 5.02 Å². The summed E-state index contributed by atoms with van der Waals surface area (Å²) >= 11 is 5.84. The molecule has 1 nitrogen and oxygen atoms in total. The Bertz CT molecular complexity index is 377. The Morgan fingerprint density at radius 3 is 2.73 bits per heavy atom. The van der Waals surface area contributed by atoms with E-state index in [4.69, 9.17) is 16.9 Å². The van der Waals surface area contributed by atoms with Gasteiger partial charge in [0.15, 0.2) is 0 Å². The third-order valence-corrected chi connectivity index (χ3v) is 3.53. The second-order valence-corrected chi connectivity index (χ2v) is 4.83. The van der Waals surface area contributed by atoms with Crippen molar-refractivity contribution in [1.29, 1.82) is 5.26 Å². The molecule has 0 amide bonds. The highest BCUT2D eigenvalue weighted by molar-refractivity contribution is 6.30. The van der Waals surface area contributed by atoms with E-state index in [1.807, 2.05) is 12.1 Å². The van der Waals surface area contributed by atoms with Crippen LogP contribution in [-0.4, -0.2) is 0 Å². The Hall–Kier alpha value is -1.00. The van der Waals surface area contributed by atoms with E-state index in [1.165, 1.54) is 12.0 Å². The fourth-order valence-electron chi connectivity index (χ4n) is 2.23. The lowest BCUT2D eigenvalue weighted by molar-refractivity contribution is 0.509. The molecule has 1 saturated carbocycles. The van der Waals surface area contributed by atoms with Crippen LogP contribution >= 0.6 is 11.6 Å². The van der Waals surface area contributed by atoms with Gasteiger partial charge in [0, 0.05) is 11.4 Å². The molecule has 3 atom stereocenters. The van der Waals surface area contributed by atoms with Gasteiger partial charge in [-0.15, -0.1) is 0 Å². The van der Waals surface area contributed by atoms with Crippen molar-refractivity contribution in [3.8, 4) is 6.07 Å². The van der Waals surface area contributed by atoms with Crippen molar-refractivity contribution in [3.05, 3.63) is 34.9 Å². The molecular weight excluding hydrogens is 206 g/mol. The van der Waals surface area contributed by atoms with Crippen LogP contribution in [0, 0.1) is 23.2 Å². The van der Waals surface area contributed by atoms with Crippen LogP contribution in [0.4, 0.5) is 0 Å². The maximum Gasteiger partial charge on any atom is 0.0624 e. The first-order chi connectivity index (χ1) is 7.22. The third kappa shape index (κ3) is 2.33. The SMILES string of the molecule is CC(CC#N)C1CC1c1ccc(Cl)cc1. The predicted molar refractivity (Wildman–Crippen MR) is 61.7 cm³/mol. The van der Waals surface area contributed by atoms with Gasteiger partial charge in [0.1, 0.15) is 0 Å². The largest absolute Gasteiger partial charge is 0.198 e. The molecule has 1 aliphatic rings. The molecule has 1 aromatic rings. The summed E-state index contributed by atoms with van der Waals surface area (Å²) in [6, 6.07) is 10.3. The molecule has 0 bridgehead atoms. The van der Waals surface area contributed by atoms with Crippen LogP contribution in [0.25, 0.3) is 0 Å². The normalized spacial score (nSPS) is 25.7. The van der Waals surface area contributed by atoms with E-state index >= 15 is 0 Å². The smallest absolute Gasteiger partial charge is 0.0624 e. The first-order valence-corrected chi connectivity index (χ1v) is 5.72. The highest BCUT2D eigenvalue weighted by Gasteiger charge is 2.41. The van der Waals surface area contributed by atoms with Crippen molar-refractivity contribution in [3.63, 3.8) is 0 Å². The summed E-state index contributed by atoms with van der Waals surface area (Å²) in [5.41, 5.74) is 1.37. The molecule has 0 heterocycles. The Kier molecular flexibility index (Phi) is 2.98. The predicted octanol–water partition coefficient (Wildman–Crippen LogP) is 3.99. The number of rotatable bonds is 3. The molecule has 15 heavy (non-hydrogen) atoms. The summed E-state index contributed by atoms with van der Waals surface area (Å²) in [4.78, 5) is 0. The van der Waals surface area contributed by atoms with E-state index in [2.05, 4.69) is 25.1 Å². The first kappa shape index (κ1) is 10.5. The maximum atomic E-state index is 8.64. The summed E-state index contributed by atoms with van der Waals surface area (Å²) in [5, 5.41) is 9.43. The molecule has 0 radical (unpaired) electrons. The monoisotopic (exact) mass is 219 g/mol. The van der Waals surface area contributed by atoms with Crippen molar-refractivity contribution in [2.24, 2.45) is 11.8 Å². The molecule has 78 valence electrons. The lowest BCUT2D eigenvalue weighted by Crippen LogP contribution is -1.97. The van der Waals surface area contributed by atoms with E-state index in [-0.39, 0.29) is 0 Å². The number of hydrogen-bond donors (Lipinski definition) is 0. The van der Waals surface area contributed by atoms with Crippen molar-refractivity contribution in [2.75, 3.05) is 0 Å². The van der Waals surface area contributed by atoms with Gasteiger partial charge in [-0.1, -0.05) is 30.7 Å². The quantitative estimate of drug-likeness (QED) is 0.754. The highest BCUT2D eigenvalue weighted by atomic mass is 35.5. The zero-order chi connectivity index (χ0) is 10.8. The summed E-state index contributed by atoms with van der Waals surface area (Å²) in [7, 11) is 0. The van der Waals surface area contributed by atoms with Crippen LogP contribution in [0.5, 0.6) is 0 Å². The second-order valence-electron chi connectivity index (χ2n) is 4.40. The van der Waals surface area contributed by atoms with Crippen molar-refractivity contribution in [1.82, 2.24) is 0 Å². The molecule has 0 aromatic heterocycles. The number of benzene rings is 1. The van der Waals surface area contributed by atoms with E-state index in [1.54, 1.807) is 0 Å². The summed E-state index contributed by atoms with van der Waals surface area (Å²) in [6.45, 7) is 2.17. The van der Waals surface area contributed by atoms with Gasteiger partial charge in [0.2, 0.25) is 0 Å². The van der Waals surface area contributed by atoms with Crippen LogP contribution in [0.15, 0.2) is 24.3 Å². The van der Waals surface area contributed by atoms with Crippen LogP contribution in [0.3, 0.4) is 0 Å². The lowest BCUT2D eigenvalue weighted by atomic mass is 9.99. The molecule has 0 spiro atoms. The minimum atomic E-state index is 0.524. The van der Waals surface area contributed by atoms with Gasteiger partial charge in [-0.25, -0.2) is 0 Å². The Labute approximate surface area is 95.7 Å². The topological polar surface area (TPSA) is 23.8 Å². The average molecular weight is 220 g/mol. The van der Waals surface area contributed by atoms with Gasteiger partial charge in [0.05, 0.1) is 6.07 Å². The Balaban J connectivity index is 1.99. The molecule has 0 aliphatic heterocycles. The fourth-order valence-corrected chi connectivity index (χ4v) is 2.36. The minimum Gasteiger partial charge on any atom is -0.198 e. The van der Waals surface area contributed by atoms with Crippen molar-refractivity contribution < 1.29 is 0 Å². The van der Waals surface area contributed by atoms with E-state index in [0.29, 0.717) is 24.2 Å².